The van der Waals surface area contributed by atoms with Crippen LogP contribution < -0.4 is 9.80 Å². The molecule has 0 unspecified atom stereocenters. The monoisotopic (exact) mass is 672 g/mol. The Morgan fingerprint density at radius 3 is 1.02 bits per heavy atom. The first-order valence-corrected chi connectivity index (χ1v) is 17.9. The van der Waals surface area contributed by atoms with Crippen molar-refractivity contribution in [2.75, 3.05) is 9.80 Å². The Morgan fingerprint density at radius 2 is 0.635 bits per heavy atom. The summed E-state index contributed by atoms with van der Waals surface area (Å²) in [4.78, 5) is 4.65. The highest BCUT2D eigenvalue weighted by Crippen LogP contribution is 2.37. The minimum absolute atomic E-state index is 1.14. The molecule has 7 aromatic carbocycles. The fraction of sp³-hybridized carbons (Fsp3) is 0.0800. The molecule has 0 aliphatic carbocycles. The predicted octanol–water partition coefficient (Wildman–Crippen LogP) is 14.2. The second-order valence-electron chi connectivity index (χ2n) is 13.4. The molecule has 0 saturated carbocycles. The molecule has 0 saturated heterocycles. The van der Waals surface area contributed by atoms with Crippen molar-refractivity contribution in [3.8, 4) is 0 Å². The number of hydrogen-bond acceptors (Lipinski definition) is 2. The fourth-order valence-corrected chi connectivity index (χ4v) is 6.73. The van der Waals surface area contributed by atoms with Gasteiger partial charge in [-0.2, -0.15) is 0 Å². The number of hydrogen-bond donors (Lipinski definition) is 0. The van der Waals surface area contributed by atoms with Gasteiger partial charge in [0, 0.05) is 34.1 Å². The van der Waals surface area contributed by atoms with E-state index in [2.05, 4.69) is 232 Å². The molecule has 0 radical (unpaired) electrons. The number of rotatable bonds is 10. The van der Waals surface area contributed by atoms with Crippen LogP contribution in [-0.2, 0) is 0 Å². The molecule has 7 aromatic rings. The molecular weight excluding hydrogens is 629 g/mol. The lowest BCUT2D eigenvalue weighted by Gasteiger charge is -2.26. The van der Waals surface area contributed by atoms with Crippen LogP contribution in [0.4, 0.5) is 34.1 Å². The molecule has 254 valence electrons. The molecule has 2 heteroatoms. The molecule has 0 spiro atoms. The lowest BCUT2D eigenvalue weighted by atomic mass is 10.0. The normalized spacial score (nSPS) is 11.3. The summed E-state index contributed by atoms with van der Waals surface area (Å²) in [7, 11) is 0. The van der Waals surface area contributed by atoms with E-state index >= 15 is 0 Å². The summed E-state index contributed by atoms with van der Waals surface area (Å²) in [6, 6.07) is 60.6. The third kappa shape index (κ3) is 7.83. The average molecular weight is 673 g/mol. The molecule has 0 amide bonds. The lowest BCUT2D eigenvalue weighted by molar-refractivity contribution is 1.26. The van der Waals surface area contributed by atoms with Gasteiger partial charge in [-0.25, -0.2) is 0 Å². The minimum Gasteiger partial charge on any atom is -0.310 e. The topological polar surface area (TPSA) is 6.48 Å². The average Bonchev–Trinajstić information content (AvgIpc) is 3.16. The van der Waals surface area contributed by atoms with Crippen molar-refractivity contribution in [1.82, 2.24) is 0 Å². The zero-order valence-electron chi connectivity index (χ0n) is 30.4. The van der Waals surface area contributed by atoms with E-state index in [1.807, 2.05) is 0 Å². The maximum absolute atomic E-state index is 2.32. The molecular formula is C50H44N2. The molecule has 0 aliphatic rings. The van der Waals surface area contributed by atoms with Crippen LogP contribution in [0.2, 0.25) is 0 Å². The Kier molecular flexibility index (Phi) is 10.3. The summed E-state index contributed by atoms with van der Waals surface area (Å²) in [5, 5.41) is 0. The van der Waals surface area contributed by atoms with E-state index < -0.39 is 0 Å². The first kappa shape index (κ1) is 34.1. The maximum atomic E-state index is 2.32. The largest absolute Gasteiger partial charge is 0.310 e. The summed E-state index contributed by atoms with van der Waals surface area (Å²) in [6.07, 6.45) is 8.92. The van der Waals surface area contributed by atoms with Gasteiger partial charge in [-0.3, -0.25) is 0 Å². The number of benzene rings is 7. The van der Waals surface area contributed by atoms with Crippen molar-refractivity contribution in [1.29, 1.82) is 0 Å². The third-order valence-electron chi connectivity index (χ3n) is 9.45. The van der Waals surface area contributed by atoms with Crippen LogP contribution in [0.5, 0.6) is 0 Å². The second kappa shape index (κ2) is 15.7. The van der Waals surface area contributed by atoms with E-state index in [0.29, 0.717) is 0 Å². The van der Waals surface area contributed by atoms with Crippen LogP contribution in [0.3, 0.4) is 0 Å². The summed E-state index contributed by atoms with van der Waals surface area (Å²) >= 11 is 0. The number of para-hydroxylation sites is 2. The minimum atomic E-state index is 1.14. The lowest BCUT2D eigenvalue weighted by Crippen LogP contribution is -2.10. The predicted molar refractivity (Wildman–Crippen MR) is 225 cm³/mol. The molecule has 0 aromatic heterocycles. The highest BCUT2D eigenvalue weighted by molar-refractivity contribution is 5.84. The molecule has 2 nitrogen and oxygen atoms in total. The van der Waals surface area contributed by atoms with Crippen molar-refractivity contribution in [3.63, 3.8) is 0 Å². The van der Waals surface area contributed by atoms with Gasteiger partial charge in [0.2, 0.25) is 0 Å². The van der Waals surface area contributed by atoms with E-state index in [0.717, 1.165) is 34.1 Å². The molecule has 0 bridgehead atoms. The van der Waals surface area contributed by atoms with E-state index in [4.69, 9.17) is 0 Å². The van der Waals surface area contributed by atoms with Gasteiger partial charge >= 0.3 is 0 Å². The van der Waals surface area contributed by atoms with Gasteiger partial charge in [0.05, 0.1) is 0 Å². The van der Waals surface area contributed by atoms with Crippen LogP contribution >= 0.6 is 0 Å². The van der Waals surface area contributed by atoms with E-state index in [9.17, 15) is 0 Å². The van der Waals surface area contributed by atoms with Gasteiger partial charge in [0.1, 0.15) is 0 Å². The Balaban J connectivity index is 1.14. The van der Waals surface area contributed by atoms with Crippen LogP contribution in [0, 0.1) is 27.7 Å². The SMILES string of the molecule is Cc1cccc(N(c2ccccc2)c2ccc(/C=C/c3ccccc3/C=C/c3ccc(N(c4ccccc4)c4cccc(C)c4)cc3C)c(C)c2)c1. The van der Waals surface area contributed by atoms with Crippen LogP contribution in [0.15, 0.2) is 170 Å². The standard InChI is InChI=1S/C50H44N2/c1-37-15-13-23-47(33-37)51(45-19-7-5-8-20-45)49-31-29-41(39(3)35-49)25-27-43-17-11-12-18-44(43)28-26-42-30-32-50(36-40(42)4)52(46-21-9-6-10-22-46)48-24-14-16-38(2)34-48/h5-36H,1-4H3/b27-25+,28-26+. The van der Waals surface area contributed by atoms with Gasteiger partial charge < -0.3 is 9.80 Å². The van der Waals surface area contributed by atoms with Crippen molar-refractivity contribution in [2.45, 2.75) is 27.7 Å². The van der Waals surface area contributed by atoms with E-state index in [1.165, 1.54) is 44.5 Å². The summed E-state index contributed by atoms with van der Waals surface area (Å²) in [5.74, 6) is 0. The van der Waals surface area contributed by atoms with Gasteiger partial charge in [0.25, 0.3) is 0 Å². The summed E-state index contributed by atoms with van der Waals surface area (Å²) in [5.41, 5.74) is 16.5. The first-order valence-electron chi connectivity index (χ1n) is 17.9. The zero-order valence-corrected chi connectivity index (χ0v) is 30.4. The molecule has 0 aliphatic heterocycles. The number of nitrogens with zero attached hydrogens (tertiary/aromatic N) is 2. The van der Waals surface area contributed by atoms with Crippen LogP contribution in [0.25, 0.3) is 24.3 Å². The van der Waals surface area contributed by atoms with Gasteiger partial charge in [0.15, 0.2) is 0 Å². The van der Waals surface area contributed by atoms with Gasteiger partial charge in [-0.05, 0) is 145 Å². The maximum Gasteiger partial charge on any atom is 0.0464 e. The molecule has 7 rings (SSSR count). The molecule has 0 heterocycles. The second-order valence-corrected chi connectivity index (χ2v) is 13.4. The van der Waals surface area contributed by atoms with E-state index in [-0.39, 0.29) is 0 Å². The highest BCUT2D eigenvalue weighted by Gasteiger charge is 2.15. The molecule has 52 heavy (non-hydrogen) atoms. The van der Waals surface area contributed by atoms with Crippen molar-refractivity contribution < 1.29 is 0 Å². The molecule has 0 N–H and O–H groups in total. The van der Waals surface area contributed by atoms with Gasteiger partial charge in [-0.1, -0.05) is 121 Å². The first-order chi connectivity index (χ1) is 25.4. The number of anilines is 6. The quantitative estimate of drug-likeness (QED) is 0.133. The molecule has 0 fully saturated rings. The van der Waals surface area contributed by atoms with Crippen molar-refractivity contribution in [3.05, 3.63) is 214 Å². The Hall–Kier alpha value is -6.38. The smallest absolute Gasteiger partial charge is 0.0464 e. The Morgan fingerprint density at radius 1 is 0.288 bits per heavy atom. The third-order valence-corrected chi connectivity index (χ3v) is 9.45. The zero-order chi connectivity index (χ0) is 35.9. The van der Waals surface area contributed by atoms with Crippen molar-refractivity contribution >= 4 is 58.4 Å². The Bertz CT molecular complexity index is 2180. The highest BCUT2D eigenvalue weighted by atomic mass is 15.1. The number of aryl methyl sites for hydroxylation is 4. The molecule has 0 atom stereocenters. The summed E-state index contributed by atoms with van der Waals surface area (Å²) < 4.78 is 0. The van der Waals surface area contributed by atoms with E-state index in [1.54, 1.807) is 0 Å². The van der Waals surface area contributed by atoms with Crippen molar-refractivity contribution in [2.24, 2.45) is 0 Å². The fourth-order valence-electron chi connectivity index (χ4n) is 6.73. The Labute approximate surface area is 309 Å². The van der Waals surface area contributed by atoms with Crippen LogP contribution in [-0.4, -0.2) is 0 Å². The van der Waals surface area contributed by atoms with Gasteiger partial charge in [-0.15, -0.1) is 0 Å². The summed E-state index contributed by atoms with van der Waals surface area (Å²) in [6.45, 7) is 8.67. The van der Waals surface area contributed by atoms with Crippen LogP contribution in [0.1, 0.15) is 44.5 Å².